The van der Waals surface area contributed by atoms with Crippen molar-refractivity contribution in [3.8, 4) is 6.07 Å². The number of anilines is 1. The minimum absolute atomic E-state index is 0.467. The second-order valence-electron chi connectivity index (χ2n) is 5.26. The molecular weight excluding hydrogens is 262 g/mol. The Balaban J connectivity index is 1.95. The number of hydrogen-bond acceptors (Lipinski definition) is 5. The summed E-state index contributed by atoms with van der Waals surface area (Å²) >= 11 is 0. The Morgan fingerprint density at radius 1 is 1.43 bits per heavy atom. The summed E-state index contributed by atoms with van der Waals surface area (Å²) < 4.78 is 0. The predicted molar refractivity (Wildman–Crippen MR) is 82.0 cm³/mol. The largest absolute Gasteiger partial charge is 0.361 e. The Bertz CT molecular complexity index is 674. The summed E-state index contributed by atoms with van der Waals surface area (Å²) in [4.78, 5) is 8.86. The average molecular weight is 279 g/mol. The molecule has 0 amide bonds. The molecule has 21 heavy (non-hydrogen) atoms. The van der Waals surface area contributed by atoms with Crippen molar-refractivity contribution in [2.75, 3.05) is 5.32 Å². The molecule has 0 aromatic carbocycles. The molecule has 1 aliphatic carbocycles. The maximum atomic E-state index is 9.50. The van der Waals surface area contributed by atoms with Crippen LogP contribution in [0.2, 0.25) is 0 Å². The number of nitriles is 1. The van der Waals surface area contributed by atoms with Gasteiger partial charge in [0.05, 0.1) is 11.4 Å². The molecule has 1 aromatic heterocycles. The molecule has 1 aromatic rings. The van der Waals surface area contributed by atoms with E-state index in [0.29, 0.717) is 23.3 Å². The van der Waals surface area contributed by atoms with Crippen LogP contribution >= 0.6 is 0 Å². The molecule has 2 N–H and O–H groups in total. The lowest BCUT2D eigenvalue weighted by Gasteiger charge is -2.26. The molecule has 0 radical (unpaired) electrons. The van der Waals surface area contributed by atoms with E-state index in [4.69, 9.17) is 0 Å². The molecule has 0 spiro atoms. The van der Waals surface area contributed by atoms with E-state index in [-0.39, 0.29) is 0 Å². The average Bonchev–Trinajstić information content (AvgIpc) is 2.48. The molecule has 1 fully saturated rings. The first-order valence-electron chi connectivity index (χ1n) is 7.12. The van der Waals surface area contributed by atoms with Gasteiger partial charge in [-0.25, -0.2) is 9.97 Å². The first-order chi connectivity index (χ1) is 10.3. The van der Waals surface area contributed by atoms with Gasteiger partial charge in [-0.2, -0.15) is 5.26 Å². The fraction of sp³-hybridized carbons (Fsp3) is 0.312. The van der Waals surface area contributed by atoms with Crippen LogP contribution in [0.25, 0.3) is 5.57 Å². The molecule has 106 valence electrons. The van der Waals surface area contributed by atoms with Crippen LogP contribution in [-0.2, 0) is 0 Å². The van der Waals surface area contributed by atoms with E-state index in [2.05, 4.69) is 26.7 Å². The van der Waals surface area contributed by atoms with Crippen LogP contribution in [-0.4, -0.2) is 16.0 Å². The van der Waals surface area contributed by atoms with Crippen molar-refractivity contribution >= 4 is 11.5 Å². The Morgan fingerprint density at radius 2 is 2.29 bits per heavy atom. The van der Waals surface area contributed by atoms with Crippen molar-refractivity contribution in [1.82, 2.24) is 15.3 Å². The first-order valence-corrected chi connectivity index (χ1v) is 7.12. The summed E-state index contributed by atoms with van der Waals surface area (Å²) in [5, 5.41) is 15.9. The number of dihydropyridines is 1. The van der Waals surface area contributed by atoms with E-state index >= 15 is 0 Å². The van der Waals surface area contributed by atoms with Gasteiger partial charge in [-0.05, 0) is 43.9 Å². The highest BCUT2D eigenvalue weighted by molar-refractivity contribution is 5.80. The van der Waals surface area contributed by atoms with Gasteiger partial charge in [-0.3, -0.25) is 0 Å². The van der Waals surface area contributed by atoms with Crippen LogP contribution < -0.4 is 10.6 Å². The standard InChI is InChI=1S/C16H17N5/c1-11-10-19-16(20-12-5-4-6-12)21-15(11)13(9-17)14-7-2-3-8-18-14/h2-3,7-8,10,12,18H,4-6H2,1H3,(H,19,20,21). The highest BCUT2D eigenvalue weighted by Gasteiger charge is 2.19. The summed E-state index contributed by atoms with van der Waals surface area (Å²) in [6.45, 7) is 1.92. The van der Waals surface area contributed by atoms with E-state index in [9.17, 15) is 5.26 Å². The quantitative estimate of drug-likeness (QED) is 0.832. The maximum Gasteiger partial charge on any atom is 0.223 e. The smallest absolute Gasteiger partial charge is 0.223 e. The fourth-order valence-electron chi connectivity index (χ4n) is 2.29. The van der Waals surface area contributed by atoms with E-state index in [1.807, 2.05) is 25.2 Å². The fourth-order valence-corrected chi connectivity index (χ4v) is 2.29. The second kappa shape index (κ2) is 5.80. The number of allylic oxidation sites excluding steroid dienone is 4. The van der Waals surface area contributed by atoms with Gasteiger partial charge in [0.2, 0.25) is 5.95 Å². The Labute approximate surface area is 124 Å². The third kappa shape index (κ3) is 2.79. The Morgan fingerprint density at radius 3 is 2.90 bits per heavy atom. The lowest BCUT2D eigenvalue weighted by atomic mass is 9.93. The summed E-state index contributed by atoms with van der Waals surface area (Å²) in [5.41, 5.74) is 2.86. The zero-order valence-corrected chi connectivity index (χ0v) is 11.9. The minimum atomic E-state index is 0.467. The van der Waals surface area contributed by atoms with Gasteiger partial charge in [-0.1, -0.05) is 6.08 Å². The molecule has 5 heteroatoms. The second-order valence-corrected chi connectivity index (χ2v) is 5.26. The highest BCUT2D eigenvalue weighted by atomic mass is 15.1. The van der Waals surface area contributed by atoms with Crippen LogP contribution in [0.1, 0.15) is 30.5 Å². The van der Waals surface area contributed by atoms with Crippen LogP contribution in [0.4, 0.5) is 5.95 Å². The molecule has 3 rings (SSSR count). The van der Waals surface area contributed by atoms with E-state index in [0.717, 1.165) is 24.1 Å². The molecule has 0 atom stereocenters. The molecule has 2 aliphatic rings. The van der Waals surface area contributed by atoms with Crippen molar-refractivity contribution in [2.24, 2.45) is 0 Å². The monoisotopic (exact) mass is 279 g/mol. The number of aryl methyl sites for hydroxylation is 1. The first kappa shape index (κ1) is 13.4. The van der Waals surface area contributed by atoms with Crippen molar-refractivity contribution in [1.29, 1.82) is 5.26 Å². The highest BCUT2D eigenvalue weighted by Crippen LogP contribution is 2.24. The molecule has 0 saturated heterocycles. The van der Waals surface area contributed by atoms with Crippen molar-refractivity contribution in [3.05, 3.63) is 47.6 Å². The Hall–Kier alpha value is -2.61. The van der Waals surface area contributed by atoms with Gasteiger partial charge in [0.1, 0.15) is 11.6 Å². The van der Waals surface area contributed by atoms with Gasteiger partial charge in [0.15, 0.2) is 0 Å². The number of nitrogens with one attached hydrogen (secondary N) is 2. The predicted octanol–water partition coefficient (Wildman–Crippen LogP) is 2.66. The molecule has 1 aliphatic heterocycles. The van der Waals surface area contributed by atoms with Crippen LogP contribution in [0, 0.1) is 18.3 Å². The molecule has 5 nitrogen and oxygen atoms in total. The van der Waals surface area contributed by atoms with Gasteiger partial charge >= 0.3 is 0 Å². The Kier molecular flexibility index (Phi) is 3.69. The third-order valence-electron chi connectivity index (χ3n) is 3.74. The SMILES string of the molecule is Cc1cnc(NC2CCC2)nc1C(C#N)=C1C=CC=CN1. The zero-order chi connectivity index (χ0) is 14.7. The maximum absolute atomic E-state index is 9.50. The van der Waals surface area contributed by atoms with E-state index in [1.165, 1.54) is 6.42 Å². The van der Waals surface area contributed by atoms with E-state index in [1.54, 1.807) is 12.4 Å². The number of rotatable bonds is 3. The molecule has 1 saturated carbocycles. The number of aromatic nitrogens is 2. The molecule has 0 bridgehead atoms. The van der Waals surface area contributed by atoms with Gasteiger partial charge in [0, 0.05) is 18.4 Å². The van der Waals surface area contributed by atoms with Crippen LogP contribution in [0.15, 0.2) is 36.3 Å². The third-order valence-corrected chi connectivity index (χ3v) is 3.74. The molecule has 0 unspecified atom stereocenters. The lowest BCUT2D eigenvalue weighted by molar-refractivity contribution is 0.443. The van der Waals surface area contributed by atoms with Crippen molar-refractivity contribution in [2.45, 2.75) is 32.2 Å². The summed E-state index contributed by atoms with van der Waals surface area (Å²) in [5.74, 6) is 0.601. The van der Waals surface area contributed by atoms with E-state index < -0.39 is 0 Å². The topological polar surface area (TPSA) is 73.6 Å². The lowest BCUT2D eigenvalue weighted by Crippen LogP contribution is -2.28. The summed E-state index contributed by atoms with van der Waals surface area (Å²) in [6, 6.07) is 2.72. The van der Waals surface area contributed by atoms with Crippen molar-refractivity contribution in [3.63, 3.8) is 0 Å². The zero-order valence-electron chi connectivity index (χ0n) is 11.9. The molecular formula is C16H17N5. The minimum Gasteiger partial charge on any atom is -0.361 e. The number of hydrogen-bond donors (Lipinski definition) is 2. The normalized spacial score (nSPS) is 19.4. The van der Waals surface area contributed by atoms with Crippen molar-refractivity contribution < 1.29 is 0 Å². The number of nitrogens with zero attached hydrogens (tertiary/aromatic N) is 3. The molecule has 2 heterocycles. The van der Waals surface area contributed by atoms with Gasteiger partial charge in [-0.15, -0.1) is 0 Å². The summed E-state index contributed by atoms with van der Waals surface area (Å²) in [6.07, 6.45) is 12.8. The van der Waals surface area contributed by atoms with Gasteiger partial charge < -0.3 is 10.6 Å². The van der Waals surface area contributed by atoms with Gasteiger partial charge in [0.25, 0.3) is 0 Å². The van der Waals surface area contributed by atoms with Crippen LogP contribution in [0.3, 0.4) is 0 Å². The van der Waals surface area contributed by atoms with Crippen LogP contribution in [0.5, 0.6) is 0 Å². The summed E-state index contributed by atoms with van der Waals surface area (Å²) in [7, 11) is 0.